The van der Waals surface area contributed by atoms with Gasteiger partial charge in [0, 0.05) is 12.4 Å². The van der Waals surface area contributed by atoms with Gasteiger partial charge in [0.1, 0.15) is 0 Å². The second-order valence-corrected chi connectivity index (χ2v) is 4.38. The van der Waals surface area contributed by atoms with Gasteiger partial charge in [-0.05, 0) is 22.4 Å². The van der Waals surface area contributed by atoms with Crippen molar-refractivity contribution in [3.05, 3.63) is 66.7 Å². The van der Waals surface area contributed by atoms with Crippen molar-refractivity contribution in [3.63, 3.8) is 0 Å². The van der Waals surface area contributed by atoms with Crippen molar-refractivity contribution < 1.29 is 5.11 Å². The molecule has 3 aromatic rings. The van der Waals surface area contributed by atoms with Crippen LogP contribution in [0.1, 0.15) is 11.7 Å². The molecule has 0 radical (unpaired) electrons. The largest absolute Gasteiger partial charge is 0.387 e. The SMILES string of the molecule is OC(Cn1ccnc1)c1ccc2ccccc2c1. The van der Waals surface area contributed by atoms with Crippen molar-refractivity contribution in [2.24, 2.45) is 0 Å². The van der Waals surface area contributed by atoms with Crippen LogP contribution in [0.4, 0.5) is 0 Å². The molecule has 1 atom stereocenters. The average Bonchev–Trinajstić information content (AvgIpc) is 2.91. The zero-order chi connectivity index (χ0) is 12.4. The minimum Gasteiger partial charge on any atom is -0.387 e. The minimum absolute atomic E-state index is 0.510. The van der Waals surface area contributed by atoms with Gasteiger partial charge in [0.05, 0.1) is 19.0 Å². The molecule has 3 rings (SSSR count). The molecule has 0 fully saturated rings. The molecule has 0 aliphatic carbocycles. The number of imidazole rings is 1. The predicted octanol–water partition coefficient (Wildman–Crippen LogP) is 2.77. The molecule has 90 valence electrons. The summed E-state index contributed by atoms with van der Waals surface area (Å²) in [5, 5.41) is 12.5. The second kappa shape index (κ2) is 4.63. The van der Waals surface area contributed by atoms with E-state index in [0.29, 0.717) is 6.54 Å². The standard InChI is InChI=1S/C15H14N2O/c18-15(10-17-8-7-16-11-17)14-6-5-12-3-1-2-4-13(12)9-14/h1-9,11,15,18H,10H2. The monoisotopic (exact) mass is 238 g/mol. The number of fused-ring (bicyclic) bond motifs is 1. The highest BCUT2D eigenvalue weighted by atomic mass is 16.3. The molecule has 1 N–H and O–H groups in total. The first-order valence-electron chi connectivity index (χ1n) is 5.95. The Morgan fingerprint density at radius 1 is 1.11 bits per heavy atom. The summed E-state index contributed by atoms with van der Waals surface area (Å²) in [6.07, 6.45) is 4.77. The van der Waals surface area contributed by atoms with E-state index in [2.05, 4.69) is 17.1 Å². The Morgan fingerprint density at radius 3 is 2.72 bits per heavy atom. The molecular formula is C15H14N2O. The van der Waals surface area contributed by atoms with Gasteiger partial charge in [-0.2, -0.15) is 0 Å². The number of hydrogen-bond donors (Lipinski definition) is 1. The Morgan fingerprint density at radius 2 is 1.94 bits per heavy atom. The first kappa shape index (κ1) is 11.0. The lowest BCUT2D eigenvalue weighted by molar-refractivity contribution is 0.156. The van der Waals surface area contributed by atoms with Gasteiger partial charge in [-0.25, -0.2) is 4.98 Å². The fourth-order valence-corrected chi connectivity index (χ4v) is 2.11. The van der Waals surface area contributed by atoms with Gasteiger partial charge in [0.25, 0.3) is 0 Å². The molecule has 3 heteroatoms. The third kappa shape index (κ3) is 2.13. The number of aliphatic hydroxyl groups is 1. The highest BCUT2D eigenvalue weighted by Gasteiger charge is 2.08. The smallest absolute Gasteiger partial charge is 0.0969 e. The van der Waals surface area contributed by atoms with E-state index in [1.165, 1.54) is 5.39 Å². The molecule has 1 unspecified atom stereocenters. The lowest BCUT2D eigenvalue weighted by Gasteiger charge is -2.12. The molecule has 18 heavy (non-hydrogen) atoms. The molecule has 1 aromatic heterocycles. The van der Waals surface area contributed by atoms with E-state index in [1.54, 1.807) is 12.5 Å². The van der Waals surface area contributed by atoms with Crippen LogP contribution in [0, 0.1) is 0 Å². The van der Waals surface area contributed by atoms with Crippen molar-refractivity contribution in [2.45, 2.75) is 12.6 Å². The fraction of sp³-hybridized carbons (Fsp3) is 0.133. The topological polar surface area (TPSA) is 38.0 Å². The number of benzene rings is 2. The predicted molar refractivity (Wildman–Crippen MR) is 71.1 cm³/mol. The van der Waals surface area contributed by atoms with Gasteiger partial charge < -0.3 is 9.67 Å². The molecule has 3 nitrogen and oxygen atoms in total. The maximum absolute atomic E-state index is 10.2. The molecule has 0 aliphatic rings. The molecule has 0 saturated heterocycles. The molecule has 0 amide bonds. The van der Waals surface area contributed by atoms with Crippen molar-refractivity contribution in [2.75, 3.05) is 0 Å². The Balaban J connectivity index is 1.89. The number of aliphatic hydroxyl groups excluding tert-OH is 1. The molecule has 1 heterocycles. The maximum atomic E-state index is 10.2. The van der Waals surface area contributed by atoms with Gasteiger partial charge in [0.2, 0.25) is 0 Å². The fourth-order valence-electron chi connectivity index (χ4n) is 2.11. The third-order valence-electron chi connectivity index (χ3n) is 3.10. The highest BCUT2D eigenvalue weighted by molar-refractivity contribution is 5.83. The summed E-state index contributed by atoms with van der Waals surface area (Å²) >= 11 is 0. The number of rotatable bonds is 3. The summed E-state index contributed by atoms with van der Waals surface area (Å²) in [6.45, 7) is 0.526. The zero-order valence-electron chi connectivity index (χ0n) is 9.90. The van der Waals surface area contributed by atoms with Gasteiger partial charge in [0.15, 0.2) is 0 Å². The van der Waals surface area contributed by atoms with Crippen LogP contribution in [-0.4, -0.2) is 14.7 Å². The lowest BCUT2D eigenvalue weighted by Crippen LogP contribution is -2.06. The van der Waals surface area contributed by atoms with Crippen LogP contribution in [0.5, 0.6) is 0 Å². The lowest BCUT2D eigenvalue weighted by atomic mass is 10.0. The summed E-state index contributed by atoms with van der Waals surface area (Å²) in [5.41, 5.74) is 0.933. The number of nitrogens with zero attached hydrogens (tertiary/aromatic N) is 2. The van der Waals surface area contributed by atoms with E-state index in [-0.39, 0.29) is 0 Å². The molecule has 0 aliphatic heterocycles. The van der Waals surface area contributed by atoms with Crippen molar-refractivity contribution >= 4 is 10.8 Å². The molecule has 0 saturated carbocycles. The number of hydrogen-bond acceptors (Lipinski definition) is 2. The van der Waals surface area contributed by atoms with E-state index in [9.17, 15) is 5.11 Å². The van der Waals surface area contributed by atoms with E-state index >= 15 is 0 Å². The second-order valence-electron chi connectivity index (χ2n) is 4.38. The van der Waals surface area contributed by atoms with Crippen LogP contribution in [0.25, 0.3) is 10.8 Å². The van der Waals surface area contributed by atoms with E-state index in [1.807, 2.05) is 41.1 Å². The van der Waals surface area contributed by atoms with Gasteiger partial charge in [-0.1, -0.05) is 36.4 Å². The first-order valence-corrected chi connectivity index (χ1v) is 5.95. The Kier molecular flexibility index (Phi) is 2.82. The van der Waals surface area contributed by atoms with E-state index in [4.69, 9.17) is 0 Å². The number of aromatic nitrogens is 2. The normalized spacial score (nSPS) is 12.7. The molecular weight excluding hydrogens is 224 g/mol. The van der Waals surface area contributed by atoms with Crippen LogP contribution in [0.2, 0.25) is 0 Å². The summed E-state index contributed by atoms with van der Waals surface area (Å²) in [4.78, 5) is 3.97. The molecule has 0 spiro atoms. The summed E-state index contributed by atoms with van der Waals surface area (Å²) in [5.74, 6) is 0. The summed E-state index contributed by atoms with van der Waals surface area (Å²) in [7, 11) is 0. The Labute approximate surface area is 105 Å². The van der Waals surface area contributed by atoms with Crippen LogP contribution in [0.15, 0.2) is 61.2 Å². The highest BCUT2D eigenvalue weighted by Crippen LogP contribution is 2.21. The van der Waals surface area contributed by atoms with Crippen molar-refractivity contribution in [3.8, 4) is 0 Å². The average molecular weight is 238 g/mol. The summed E-state index contributed by atoms with van der Waals surface area (Å²) < 4.78 is 1.87. The quantitative estimate of drug-likeness (QED) is 0.762. The van der Waals surface area contributed by atoms with Crippen LogP contribution < -0.4 is 0 Å². The van der Waals surface area contributed by atoms with Gasteiger partial charge in [-0.3, -0.25) is 0 Å². The third-order valence-corrected chi connectivity index (χ3v) is 3.10. The van der Waals surface area contributed by atoms with Crippen molar-refractivity contribution in [1.29, 1.82) is 0 Å². The Bertz CT molecular complexity index is 646. The van der Waals surface area contributed by atoms with Crippen LogP contribution in [-0.2, 0) is 6.54 Å². The van der Waals surface area contributed by atoms with E-state index < -0.39 is 6.10 Å². The maximum Gasteiger partial charge on any atom is 0.0969 e. The first-order chi connectivity index (χ1) is 8.83. The molecule has 2 aromatic carbocycles. The van der Waals surface area contributed by atoms with E-state index in [0.717, 1.165) is 10.9 Å². The minimum atomic E-state index is -0.510. The molecule has 0 bridgehead atoms. The van der Waals surface area contributed by atoms with Crippen LogP contribution >= 0.6 is 0 Å². The van der Waals surface area contributed by atoms with Crippen LogP contribution in [0.3, 0.4) is 0 Å². The van der Waals surface area contributed by atoms with Gasteiger partial charge >= 0.3 is 0 Å². The van der Waals surface area contributed by atoms with Crippen molar-refractivity contribution in [1.82, 2.24) is 9.55 Å². The Hall–Kier alpha value is -2.13. The summed E-state index contributed by atoms with van der Waals surface area (Å²) in [6, 6.07) is 14.2. The van der Waals surface area contributed by atoms with Gasteiger partial charge in [-0.15, -0.1) is 0 Å². The zero-order valence-corrected chi connectivity index (χ0v) is 9.90.